The zero-order valence-electron chi connectivity index (χ0n) is 9.86. The molecule has 0 amide bonds. The Labute approximate surface area is 101 Å². The number of carboxylic acids is 1. The molecule has 0 saturated heterocycles. The maximum atomic E-state index is 10.1. The van der Waals surface area contributed by atoms with Gasteiger partial charge in [0.15, 0.2) is 0 Å². The molecule has 0 saturated carbocycles. The average molecular weight is 244 g/mol. The topological polar surface area (TPSA) is 98.0 Å². The van der Waals surface area contributed by atoms with E-state index in [4.69, 9.17) is 10.2 Å². The molecule has 0 rings (SSSR count). The Kier molecular flexibility index (Phi) is 8.31. The smallest absolute Gasteiger partial charge is 0.327 e. The van der Waals surface area contributed by atoms with Crippen LogP contribution in [0.1, 0.15) is 26.2 Å². The van der Waals surface area contributed by atoms with Crippen LogP contribution in [0.4, 0.5) is 0 Å². The molecule has 0 bridgehead atoms. The minimum atomic E-state index is -1.05. The first-order valence-electron chi connectivity index (χ1n) is 5.52. The Bertz CT molecular complexity index is 270. The van der Waals surface area contributed by atoms with Gasteiger partial charge in [-0.3, -0.25) is 0 Å². The first-order valence-corrected chi connectivity index (χ1v) is 5.52. The molecule has 0 fully saturated rings. The van der Waals surface area contributed by atoms with Crippen molar-refractivity contribution >= 4 is 5.97 Å². The summed E-state index contributed by atoms with van der Waals surface area (Å²) in [5, 5.41) is 36.1. The van der Waals surface area contributed by atoms with E-state index in [1.807, 2.05) is 0 Å². The van der Waals surface area contributed by atoms with Crippen LogP contribution in [0.2, 0.25) is 0 Å². The summed E-state index contributed by atoms with van der Waals surface area (Å²) in [4.78, 5) is 10.1. The predicted molar refractivity (Wildman–Crippen MR) is 63.5 cm³/mol. The Balaban J connectivity index is 3.80. The minimum Gasteiger partial charge on any atom is -0.478 e. The van der Waals surface area contributed by atoms with E-state index < -0.39 is 24.3 Å². The van der Waals surface area contributed by atoms with Crippen molar-refractivity contribution < 1.29 is 25.2 Å². The lowest BCUT2D eigenvalue weighted by Crippen LogP contribution is -2.14. The standard InChI is InChI=1S/C12H20O5/c1-9(13)8-11(15)6-2-4-10(14)5-3-7-12(16)17/h2-4,7,9-11,13-15H,5-6,8H2,1H3,(H,16,17). The Morgan fingerprint density at radius 2 is 1.82 bits per heavy atom. The fourth-order valence-corrected chi connectivity index (χ4v) is 1.27. The zero-order valence-corrected chi connectivity index (χ0v) is 9.86. The van der Waals surface area contributed by atoms with Crippen LogP contribution in [0.5, 0.6) is 0 Å². The van der Waals surface area contributed by atoms with Crippen molar-refractivity contribution in [3.8, 4) is 0 Å². The summed E-state index contributed by atoms with van der Waals surface area (Å²) in [5.74, 6) is -1.05. The summed E-state index contributed by atoms with van der Waals surface area (Å²) in [5.41, 5.74) is 0. The zero-order chi connectivity index (χ0) is 13.3. The van der Waals surface area contributed by atoms with Gasteiger partial charge in [0.05, 0.1) is 18.3 Å². The van der Waals surface area contributed by atoms with Crippen LogP contribution in [-0.2, 0) is 4.79 Å². The second-order valence-electron chi connectivity index (χ2n) is 3.95. The first kappa shape index (κ1) is 15.8. The molecule has 17 heavy (non-hydrogen) atoms. The van der Waals surface area contributed by atoms with E-state index in [-0.39, 0.29) is 6.42 Å². The molecule has 0 spiro atoms. The van der Waals surface area contributed by atoms with E-state index in [1.54, 1.807) is 13.0 Å². The van der Waals surface area contributed by atoms with Gasteiger partial charge in [0.1, 0.15) is 0 Å². The molecule has 0 aliphatic heterocycles. The minimum absolute atomic E-state index is 0.218. The quantitative estimate of drug-likeness (QED) is 0.367. The van der Waals surface area contributed by atoms with Crippen molar-refractivity contribution in [1.82, 2.24) is 0 Å². The molecular formula is C12H20O5. The molecule has 0 aromatic carbocycles. The number of rotatable bonds is 8. The number of aliphatic carboxylic acids is 1. The number of carbonyl (C=O) groups is 1. The van der Waals surface area contributed by atoms with Crippen molar-refractivity contribution in [1.29, 1.82) is 0 Å². The van der Waals surface area contributed by atoms with Crippen LogP contribution in [0.25, 0.3) is 0 Å². The highest BCUT2D eigenvalue weighted by atomic mass is 16.4. The SMILES string of the molecule is CC(O)CC(O)CC=CC(O)CC=CC(=O)O. The van der Waals surface area contributed by atoms with Crippen LogP contribution in [0, 0.1) is 0 Å². The summed E-state index contributed by atoms with van der Waals surface area (Å²) in [6.45, 7) is 1.60. The van der Waals surface area contributed by atoms with E-state index in [1.165, 1.54) is 12.2 Å². The molecule has 3 atom stereocenters. The van der Waals surface area contributed by atoms with Crippen LogP contribution >= 0.6 is 0 Å². The monoisotopic (exact) mass is 244 g/mol. The van der Waals surface area contributed by atoms with Crippen LogP contribution < -0.4 is 0 Å². The molecule has 0 aliphatic carbocycles. The van der Waals surface area contributed by atoms with E-state index in [9.17, 15) is 15.0 Å². The normalized spacial score (nSPS) is 17.4. The van der Waals surface area contributed by atoms with Gasteiger partial charge >= 0.3 is 5.97 Å². The van der Waals surface area contributed by atoms with Gasteiger partial charge < -0.3 is 20.4 Å². The third kappa shape index (κ3) is 11.1. The van der Waals surface area contributed by atoms with Crippen LogP contribution in [0.15, 0.2) is 24.3 Å². The molecule has 0 heterocycles. The first-order chi connectivity index (χ1) is 7.91. The second-order valence-corrected chi connectivity index (χ2v) is 3.95. The molecule has 5 nitrogen and oxygen atoms in total. The molecule has 0 aromatic heterocycles. The molecule has 5 heteroatoms. The lowest BCUT2D eigenvalue weighted by Gasteiger charge is -2.09. The largest absolute Gasteiger partial charge is 0.478 e. The fraction of sp³-hybridized carbons (Fsp3) is 0.583. The number of aliphatic hydroxyl groups excluding tert-OH is 3. The van der Waals surface area contributed by atoms with Gasteiger partial charge in [-0.15, -0.1) is 0 Å². The van der Waals surface area contributed by atoms with Crippen molar-refractivity contribution in [2.75, 3.05) is 0 Å². The Hall–Kier alpha value is -1.17. The average Bonchev–Trinajstić information content (AvgIpc) is 2.15. The lowest BCUT2D eigenvalue weighted by molar-refractivity contribution is -0.131. The van der Waals surface area contributed by atoms with E-state index in [0.717, 1.165) is 6.08 Å². The number of aliphatic hydroxyl groups is 3. The molecule has 98 valence electrons. The fourth-order valence-electron chi connectivity index (χ4n) is 1.27. The van der Waals surface area contributed by atoms with Crippen molar-refractivity contribution in [3.63, 3.8) is 0 Å². The summed E-state index contributed by atoms with van der Waals surface area (Å²) < 4.78 is 0. The molecule has 0 aliphatic rings. The van der Waals surface area contributed by atoms with Gasteiger partial charge in [-0.05, 0) is 26.2 Å². The molecular weight excluding hydrogens is 224 g/mol. The van der Waals surface area contributed by atoms with Crippen LogP contribution in [-0.4, -0.2) is 44.7 Å². The molecule has 3 unspecified atom stereocenters. The van der Waals surface area contributed by atoms with Gasteiger partial charge in [0.25, 0.3) is 0 Å². The van der Waals surface area contributed by atoms with Gasteiger partial charge in [0.2, 0.25) is 0 Å². The number of carboxylic acid groups (broad SMARTS) is 1. The Morgan fingerprint density at radius 1 is 1.18 bits per heavy atom. The summed E-state index contributed by atoms with van der Waals surface area (Å²) >= 11 is 0. The van der Waals surface area contributed by atoms with E-state index >= 15 is 0 Å². The number of hydrogen-bond acceptors (Lipinski definition) is 4. The maximum Gasteiger partial charge on any atom is 0.327 e. The van der Waals surface area contributed by atoms with Gasteiger partial charge in [-0.2, -0.15) is 0 Å². The van der Waals surface area contributed by atoms with Gasteiger partial charge in [-0.25, -0.2) is 4.79 Å². The Morgan fingerprint density at radius 3 is 2.35 bits per heavy atom. The van der Waals surface area contributed by atoms with Gasteiger partial charge in [0, 0.05) is 6.08 Å². The number of hydrogen-bond donors (Lipinski definition) is 4. The van der Waals surface area contributed by atoms with E-state index in [2.05, 4.69) is 0 Å². The summed E-state index contributed by atoms with van der Waals surface area (Å²) in [6, 6.07) is 0. The van der Waals surface area contributed by atoms with Crippen LogP contribution in [0.3, 0.4) is 0 Å². The third-order valence-electron chi connectivity index (χ3n) is 2.02. The molecule has 0 radical (unpaired) electrons. The molecule has 4 N–H and O–H groups in total. The summed E-state index contributed by atoms with van der Waals surface area (Å²) in [6.07, 6.45) is 4.37. The lowest BCUT2D eigenvalue weighted by atomic mass is 10.1. The van der Waals surface area contributed by atoms with Gasteiger partial charge in [-0.1, -0.05) is 18.2 Å². The van der Waals surface area contributed by atoms with Crippen molar-refractivity contribution in [2.24, 2.45) is 0 Å². The van der Waals surface area contributed by atoms with E-state index in [0.29, 0.717) is 12.8 Å². The highest BCUT2D eigenvalue weighted by Gasteiger charge is 2.05. The maximum absolute atomic E-state index is 10.1. The molecule has 0 aromatic rings. The highest BCUT2D eigenvalue weighted by Crippen LogP contribution is 2.04. The van der Waals surface area contributed by atoms with Crippen molar-refractivity contribution in [3.05, 3.63) is 24.3 Å². The highest BCUT2D eigenvalue weighted by molar-refractivity contribution is 5.79. The third-order valence-corrected chi connectivity index (χ3v) is 2.02. The van der Waals surface area contributed by atoms with Crippen molar-refractivity contribution in [2.45, 2.75) is 44.5 Å². The predicted octanol–water partition coefficient (Wildman–Crippen LogP) is 0.456. The second kappa shape index (κ2) is 8.92. The summed E-state index contributed by atoms with van der Waals surface area (Å²) in [7, 11) is 0.